The third-order valence-electron chi connectivity index (χ3n) is 4.08. The smallest absolute Gasteiger partial charge is 0.241 e. The van der Waals surface area contributed by atoms with Crippen molar-refractivity contribution in [3.05, 3.63) is 42.5 Å². The minimum atomic E-state index is -3.51. The number of fused-ring (bicyclic) bond motifs is 1. The van der Waals surface area contributed by atoms with Crippen molar-refractivity contribution in [1.82, 2.24) is 4.72 Å². The van der Waals surface area contributed by atoms with E-state index in [0.29, 0.717) is 4.90 Å². The Morgan fingerprint density at radius 3 is 2.62 bits per heavy atom. The first-order valence-corrected chi connectivity index (χ1v) is 8.61. The Morgan fingerprint density at radius 1 is 1.10 bits per heavy atom. The van der Waals surface area contributed by atoms with E-state index in [4.69, 9.17) is 4.74 Å². The van der Waals surface area contributed by atoms with E-state index in [1.165, 1.54) is 0 Å². The summed E-state index contributed by atoms with van der Waals surface area (Å²) in [7, 11) is -1.83. The summed E-state index contributed by atoms with van der Waals surface area (Å²) in [6.07, 6.45) is 2.62. The molecule has 0 saturated heterocycles. The van der Waals surface area contributed by atoms with Gasteiger partial charge in [-0.1, -0.05) is 36.4 Å². The largest absolute Gasteiger partial charge is 0.381 e. The molecule has 112 valence electrons. The molecule has 1 fully saturated rings. The molecule has 2 aromatic carbocycles. The van der Waals surface area contributed by atoms with Crippen LogP contribution in [0.1, 0.15) is 19.3 Å². The third-order valence-corrected chi connectivity index (χ3v) is 5.66. The molecule has 0 radical (unpaired) electrons. The molecular weight excluding hydrogens is 286 g/mol. The van der Waals surface area contributed by atoms with Crippen molar-refractivity contribution in [3.8, 4) is 0 Å². The molecule has 21 heavy (non-hydrogen) atoms. The fraction of sp³-hybridized carbons (Fsp3) is 0.375. The highest BCUT2D eigenvalue weighted by Crippen LogP contribution is 2.26. The predicted molar refractivity (Wildman–Crippen MR) is 82.7 cm³/mol. The highest BCUT2D eigenvalue weighted by molar-refractivity contribution is 7.89. The lowest BCUT2D eigenvalue weighted by molar-refractivity contribution is 0.107. The van der Waals surface area contributed by atoms with Gasteiger partial charge in [-0.25, -0.2) is 13.1 Å². The Hall–Kier alpha value is -1.43. The normalized spacial score (nSPS) is 22.7. The van der Waals surface area contributed by atoms with Crippen LogP contribution in [0, 0.1) is 0 Å². The molecule has 0 aliphatic heterocycles. The SMILES string of the molecule is COC1CCC(NS(=O)(=O)c2cccc3ccccc23)C1. The average molecular weight is 305 g/mol. The van der Waals surface area contributed by atoms with Gasteiger partial charge in [-0.3, -0.25) is 0 Å². The molecule has 2 aromatic rings. The van der Waals surface area contributed by atoms with Crippen LogP contribution in [0.3, 0.4) is 0 Å². The van der Waals surface area contributed by atoms with Crippen LogP contribution < -0.4 is 4.72 Å². The van der Waals surface area contributed by atoms with E-state index in [-0.39, 0.29) is 12.1 Å². The fourth-order valence-electron chi connectivity index (χ4n) is 2.97. The van der Waals surface area contributed by atoms with Gasteiger partial charge in [0.1, 0.15) is 0 Å². The molecule has 3 rings (SSSR count). The average Bonchev–Trinajstić information content (AvgIpc) is 2.93. The van der Waals surface area contributed by atoms with E-state index < -0.39 is 10.0 Å². The lowest BCUT2D eigenvalue weighted by Gasteiger charge is -2.14. The molecule has 0 heterocycles. The van der Waals surface area contributed by atoms with Crippen molar-refractivity contribution < 1.29 is 13.2 Å². The first kappa shape index (κ1) is 14.5. The molecule has 1 aliphatic rings. The Kier molecular flexibility index (Phi) is 3.97. The maximum absolute atomic E-state index is 12.6. The van der Waals surface area contributed by atoms with Crippen LogP contribution in [-0.4, -0.2) is 27.7 Å². The highest BCUT2D eigenvalue weighted by atomic mass is 32.2. The van der Waals surface area contributed by atoms with E-state index in [9.17, 15) is 8.42 Å². The Balaban J connectivity index is 1.90. The number of rotatable bonds is 4. The zero-order chi connectivity index (χ0) is 14.9. The maximum Gasteiger partial charge on any atom is 0.241 e. The molecule has 1 saturated carbocycles. The van der Waals surface area contributed by atoms with Crippen LogP contribution in [0.2, 0.25) is 0 Å². The standard InChI is InChI=1S/C16H19NO3S/c1-20-14-10-9-13(11-14)17-21(18,19)16-8-4-6-12-5-2-3-7-15(12)16/h2-8,13-14,17H,9-11H2,1H3. The van der Waals surface area contributed by atoms with Gasteiger partial charge in [0.05, 0.1) is 11.0 Å². The van der Waals surface area contributed by atoms with Crippen LogP contribution >= 0.6 is 0 Å². The van der Waals surface area contributed by atoms with Crippen LogP contribution in [0.25, 0.3) is 10.8 Å². The van der Waals surface area contributed by atoms with Crippen molar-refractivity contribution in [2.75, 3.05) is 7.11 Å². The molecule has 0 spiro atoms. The summed E-state index contributed by atoms with van der Waals surface area (Å²) >= 11 is 0. The summed E-state index contributed by atoms with van der Waals surface area (Å²) in [5.41, 5.74) is 0. The zero-order valence-corrected chi connectivity index (χ0v) is 12.8. The molecule has 1 aliphatic carbocycles. The summed E-state index contributed by atoms with van der Waals surface area (Å²) < 4.78 is 33.4. The monoisotopic (exact) mass is 305 g/mol. The van der Waals surface area contributed by atoms with E-state index in [2.05, 4.69) is 4.72 Å². The quantitative estimate of drug-likeness (QED) is 0.945. The van der Waals surface area contributed by atoms with Crippen molar-refractivity contribution in [2.24, 2.45) is 0 Å². The van der Waals surface area contributed by atoms with Crippen molar-refractivity contribution in [1.29, 1.82) is 0 Å². The summed E-state index contributed by atoms with van der Waals surface area (Å²) in [6.45, 7) is 0. The van der Waals surface area contributed by atoms with E-state index in [1.807, 2.05) is 30.3 Å². The summed E-state index contributed by atoms with van der Waals surface area (Å²) in [4.78, 5) is 0.349. The first-order chi connectivity index (χ1) is 10.1. The zero-order valence-electron chi connectivity index (χ0n) is 12.0. The molecule has 1 N–H and O–H groups in total. The van der Waals surface area contributed by atoms with Gasteiger partial charge in [0.25, 0.3) is 0 Å². The first-order valence-electron chi connectivity index (χ1n) is 7.13. The number of ether oxygens (including phenoxy) is 1. The molecule has 0 amide bonds. The van der Waals surface area contributed by atoms with Crippen LogP contribution in [-0.2, 0) is 14.8 Å². The van der Waals surface area contributed by atoms with E-state index in [1.54, 1.807) is 19.2 Å². The summed E-state index contributed by atoms with van der Waals surface area (Å²) in [6, 6.07) is 12.9. The van der Waals surface area contributed by atoms with Gasteiger partial charge in [0.15, 0.2) is 0 Å². The van der Waals surface area contributed by atoms with Crippen LogP contribution in [0.4, 0.5) is 0 Å². The number of sulfonamides is 1. The number of nitrogens with one attached hydrogen (secondary N) is 1. The van der Waals surface area contributed by atoms with Gasteiger partial charge in [-0.05, 0) is 30.7 Å². The Morgan fingerprint density at radius 2 is 1.86 bits per heavy atom. The molecule has 5 heteroatoms. The highest BCUT2D eigenvalue weighted by Gasteiger charge is 2.29. The molecule has 2 unspecified atom stereocenters. The van der Waals surface area contributed by atoms with Crippen LogP contribution in [0.5, 0.6) is 0 Å². The maximum atomic E-state index is 12.6. The van der Waals surface area contributed by atoms with Gasteiger partial charge in [-0.2, -0.15) is 0 Å². The van der Waals surface area contributed by atoms with E-state index >= 15 is 0 Å². The van der Waals surface area contributed by atoms with Gasteiger partial charge >= 0.3 is 0 Å². The minimum Gasteiger partial charge on any atom is -0.381 e. The molecule has 0 aromatic heterocycles. The number of hydrogen-bond acceptors (Lipinski definition) is 3. The lowest BCUT2D eigenvalue weighted by atomic mass is 10.1. The second kappa shape index (κ2) is 5.75. The topological polar surface area (TPSA) is 55.4 Å². The molecular formula is C16H19NO3S. The molecule has 2 atom stereocenters. The lowest BCUT2D eigenvalue weighted by Crippen LogP contribution is -2.33. The number of hydrogen-bond donors (Lipinski definition) is 1. The Labute approximate surface area is 125 Å². The minimum absolute atomic E-state index is 0.0427. The van der Waals surface area contributed by atoms with Gasteiger partial charge < -0.3 is 4.74 Å². The Bertz CT molecular complexity index is 737. The van der Waals surface area contributed by atoms with Gasteiger partial charge in [0, 0.05) is 18.5 Å². The fourth-order valence-corrected chi connectivity index (χ4v) is 4.49. The van der Waals surface area contributed by atoms with Crippen LogP contribution in [0.15, 0.2) is 47.4 Å². The van der Waals surface area contributed by atoms with Gasteiger partial charge in [0.2, 0.25) is 10.0 Å². The number of methoxy groups -OCH3 is 1. The molecule has 4 nitrogen and oxygen atoms in total. The summed E-state index contributed by atoms with van der Waals surface area (Å²) in [5, 5.41) is 1.69. The molecule has 0 bridgehead atoms. The van der Waals surface area contributed by atoms with Crippen molar-refractivity contribution >= 4 is 20.8 Å². The number of benzene rings is 2. The van der Waals surface area contributed by atoms with Crippen molar-refractivity contribution in [2.45, 2.75) is 36.3 Å². The van der Waals surface area contributed by atoms with Crippen molar-refractivity contribution in [3.63, 3.8) is 0 Å². The van der Waals surface area contributed by atoms with Gasteiger partial charge in [-0.15, -0.1) is 0 Å². The van der Waals surface area contributed by atoms with E-state index in [0.717, 1.165) is 30.0 Å². The second-order valence-electron chi connectivity index (χ2n) is 5.47. The third kappa shape index (κ3) is 2.95. The second-order valence-corrected chi connectivity index (χ2v) is 7.15. The summed E-state index contributed by atoms with van der Waals surface area (Å²) in [5.74, 6) is 0. The predicted octanol–water partition coefficient (Wildman–Crippen LogP) is 2.69.